The van der Waals surface area contributed by atoms with Crippen molar-refractivity contribution in [3.05, 3.63) is 42.5 Å². The van der Waals surface area contributed by atoms with Crippen molar-refractivity contribution in [2.75, 3.05) is 26.7 Å². The summed E-state index contributed by atoms with van der Waals surface area (Å²) in [5, 5.41) is 6.93. The molecule has 0 radical (unpaired) electrons. The number of benzene rings is 1. The summed E-state index contributed by atoms with van der Waals surface area (Å²) in [6.07, 6.45) is 3.85. The number of nitrogens with one attached hydrogen (secondary N) is 1. The Balaban J connectivity index is 1.54. The van der Waals surface area contributed by atoms with Crippen LogP contribution in [0.4, 0.5) is 0 Å². The number of ether oxygens (including phenoxy) is 1. The van der Waals surface area contributed by atoms with E-state index in [2.05, 4.69) is 15.4 Å². The highest BCUT2D eigenvalue weighted by Gasteiger charge is 2.30. The number of hydrogen-bond acceptors (Lipinski definition) is 5. The maximum Gasteiger partial charge on any atom is 0.253 e. The van der Waals surface area contributed by atoms with Gasteiger partial charge in [0.1, 0.15) is 12.7 Å². The molecule has 1 aliphatic rings. The van der Waals surface area contributed by atoms with Gasteiger partial charge in [-0.1, -0.05) is 12.1 Å². The summed E-state index contributed by atoms with van der Waals surface area (Å²) < 4.78 is 7.00. The van der Waals surface area contributed by atoms with E-state index >= 15 is 0 Å². The topological polar surface area (TPSA) is 89.4 Å². The molecule has 2 atom stereocenters. The maximum absolute atomic E-state index is 12.5. The minimum absolute atomic E-state index is 0.0617. The predicted molar refractivity (Wildman–Crippen MR) is 94.9 cm³/mol. The average Bonchev–Trinajstić information content (AvgIpc) is 3.32. The third-order valence-electron chi connectivity index (χ3n) is 4.47. The molecule has 26 heavy (non-hydrogen) atoms. The highest BCUT2D eigenvalue weighted by atomic mass is 16.5. The number of rotatable bonds is 6. The van der Waals surface area contributed by atoms with E-state index in [9.17, 15) is 9.59 Å². The average molecular weight is 357 g/mol. The van der Waals surface area contributed by atoms with Crippen molar-refractivity contribution in [2.24, 2.45) is 5.92 Å². The first kappa shape index (κ1) is 18.1. The van der Waals surface area contributed by atoms with E-state index in [1.807, 2.05) is 13.0 Å². The Morgan fingerprint density at radius 3 is 2.88 bits per heavy atom. The molecule has 8 heteroatoms. The standard InChI is InChI=1S/C18H23N5O3/c1-13-9-14(10-26-13)18(25)22(2)8-7-20-17(24)15-5-3-4-6-16(15)23-12-19-11-21-23/h3-6,11-14H,7-10H2,1-2H3,(H,20,24). The van der Waals surface area contributed by atoms with Crippen LogP contribution in [0.1, 0.15) is 23.7 Å². The molecule has 8 nitrogen and oxygen atoms in total. The second-order valence-electron chi connectivity index (χ2n) is 6.45. The number of amides is 2. The minimum Gasteiger partial charge on any atom is -0.378 e. The second kappa shape index (κ2) is 8.09. The summed E-state index contributed by atoms with van der Waals surface area (Å²) in [7, 11) is 1.75. The van der Waals surface area contributed by atoms with Crippen LogP contribution in [0.2, 0.25) is 0 Å². The van der Waals surface area contributed by atoms with E-state index in [0.29, 0.717) is 30.9 Å². The number of likely N-dealkylation sites (N-methyl/N-ethyl adjacent to an activating group) is 1. The van der Waals surface area contributed by atoms with Crippen LogP contribution < -0.4 is 5.32 Å². The van der Waals surface area contributed by atoms with Gasteiger partial charge in [0.2, 0.25) is 5.91 Å². The summed E-state index contributed by atoms with van der Waals surface area (Å²) in [6.45, 7) is 3.26. The van der Waals surface area contributed by atoms with Gasteiger partial charge in [-0.15, -0.1) is 0 Å². The van der Waals surface area contributed by atoms with Gasteiger partial charge in [-0.2, -0.15) is 5.10 Å². The number of carbonyl (C=O) groups excluding carboxylic acids is 2. The lowest BCUT2D eigenvalue weighted by molar-refractivity contribution is -0.134. The maximum atomic E-state index is 12.5. The zero-order valence-electron chi connectivity index (χ0n) is 15.0. The third kappa shape index (κ3) is 4.08. The fourth-order valence-corrected chi connectivity index (χ4v) is 3.04. The van der Waals surface area contributed by atoms with Crippen molar-refractivity contribution in [3.8, 4) is 5.69 Å². The molecule has 1 saturated heterocycles. The van der Waals surface area contributed by atoms with Gasteiger partial charge in [0, 0.05) is 20.1 Å². The van der Waals surface area contributed by atoms with Crippen LogP contribution in [0, 0.1) is 5.92 Å². The van der Waals surface area contributed by atoms with Crippen molar-refractivity contribution >= 4 is 11.8 Å². The van der Waals surface area contributed by atoms with Gasteiger partial charge in [0.15, 0.2) is 0 Å². The smallest absolute Gasteiger partial charge is 0.253 e. The van der Waals surface area contributed by atoms with Gasteiger partial charge in [0.05, 0.1) is 29.9 Å². The highest BCUT2D eigenvalue weighted by molar-refractivity contribution is 5.97. The Morgan fingerprint density at radius 1 is 1.38 bits per heavy atom. The van der Waals surface area contributed by atoms with Gasteiger partial charge < -0.3 is 15.0 Å². The van der Waals surface area contributed by atoms with Crippen molar-refractivity contribution in [1.82, 2.24) is 25.0 Å². The number of hydrogen-bond donors (Lipinski definition) is 1. The molecule has 1 aromatic carbocycles. The van der Waals surface area contributed by atoms with Crippen LogP contribution in [0.5, 0.6) is 0 Å². The molecule has 0 aliphatic carbocycles. The molecule has 3 rings (SSSR count). The predicted octanol–water partition coefficient (Wildman–Crippen LogP) is 0.880. The number of nitrogens with zero attached hydrogens (tertiary/aromatic N) is 4. The van der Waals surface area contributed by atoms with Gasteiger partial charge in [-0.3, -0.25) is 9.59 Å². The normalized spacial score (nSPS) is 19.3. The fraction of sp³-hybridized carbons (Fsp3) is 0.444. The van der Waals surface area contributed by atoms with E-state index in [-0.39, 0.29) is 23.8 Å². The van der Waals surface area contributed by atoms with Crippen molar-refractivity contribution in [1.29, 1.82) is 0 Å². The zero-order valence-corrected chi connectivity index (χ0v) is 15.0. The number of para-hydroxylation sites is 1. The van der Waals surface area contributed by atoms with Gasteiger partial charge >= 0.3 is 0 Å². The number of carbonyl (C=O) groups is 2. The molecule has 1 N–H and O–H groups in total. The largest absolute Gasteiger partial charge is 0.378 e. The lowest BCUT2D eigenvalue weighted by atomic mass is 10.1. The molecule has 2 aromatic rings. The first-order valence-electron chi connectivity index (χ1n) is 8.65. The van der Waals surface area contributed by atoms with Crippen LogP contribution in [0.15, 0.2) is 36.9 Å². The first-order valence-corrected chi connectivity index (χ1v) is 8.65. The Bertz CT molecular complexity index is 762. The van der Waals surface area contributed by atoms with Crippen molar-refractivity contribution in [2.45, 2.75) is 19.4 Å². The number of aromatic nitrogens is 3. The molecule has 0 saturated carbocycles. The minimum atomic E-state index is -0.213. The Kier molecular flexibility index (Phi) is 5.62. The zero-order chi connectivity index (χ0) is 18.5. The summed E-state index contributed by atoms with van der Waals surface area (Å²) in [5.41, 5.74) is 1.16. The SMILES string of the molecule is CC1CC(C(=O)N(C)CCNC(=O)c2ccccc2-n2cncn2)CO1. The Morgan fingerprint density at radius 2 is 2.19 bits per heavy atom. The summed E-state index contributed by atoms with van der Waals surface area (Å²) in [4.78, 5) is 30.4. The molecular formula is C18H23N5O3. The van der Waals surface area contributed by atoms with Gasteiger partial charge in [0.25, 0.3) is 5.91 Å². The lowest BCUT2D eigenvalue weighted by Crippen LogP contribution is -2.39. The second-order valence-corrected chi connectivity index (χ2v) is 6.45. The quantitative estimate of drug-likeness (QED) is 0.829. The van der Waals surface area contributed by atoms with E-state index < -0.39 is 0 Å². The van der Waals surface area contributed by atoms with E-state index in [4.69, 9.17) is 4.74 Å². The Labute approximate surface area is 152 Å². The summed E-state index contributed by atoms with van der Waals surface area (Å²) in [5.74, 6) is -0.236. The van der Waals surface area contributed by atoms with E-state index in [1.165, 1.54) is 6.33 Å². The van der Waals surface area contributed by atoms with Gasteiger partial charge in [-0.25, -0.2) is 9.67 Å². The van der Waals surface area contributed by atoms with Crippen molar-refractivity contribution < 1.29 is 14.3 Å². The first-order chi connectivity index (χ1) is 12.6. The van der Waals surface area contributed by atoms with Crippen LogP contribution in [-0.4, -0.2) is 64.3 Å². The molecule has 1 aromatic heterocycles. The summed E-state index contributed by atoms with van der Waals surface area (Å²) >= 11 is 0. The van der Waals surface area contributed by atoms with Crippen LogP contribution in [0.3, 0.4) is 0 Å². The monoisotopic (exact) mass is 357 g/mol. The molecule has 0 spiro atoms. The van der Waals surface area contributed by atoms with Gasteiger partial charge in [-0.05, 0) is 25.5 Å². The van der Waals surface area contributed by atoms with Crippen LogP contribution in [0.25, 0.3) is 5.69 Å². The van der Waals surface area contributed by atoms with E-state index in [1.54, 1.807) is 41.2 Å². The highest BCUT2D eigenvalue weighted by Crippen LogP contribution is 2.20. The molecule has 2 unspecified atom stereocenters. The Hall–Kier alpha value is -2.74. The van der Waals surface area contributed by atoms with Crippen LogP contribution in [-0.2, 0) is 9.53 Å². The molecular weight excluding hydrogens is 334 g/mol. The summed E-state index contributed by atoms with van der Waals surface area (Å²) in [6, 6.07) is 7.18. The molecule has 0 bridgehead atoms. The molecule has 2 heterocycles. The van der Waals surface area contributed by atoms with Crippen LogP contribution >= 0.6 is 0 Å². The molecule has 2 amide bonds. The molecule has 1 aliphatic heterocycles. The van der Waals surface area contributed by atoms with Crippen molar-refractivity contribution in [3.63, 3.8) is 0 Å². The molecule has 138 valence electrons. The fourth-order valence-electron chi connectivity index (χ4n) is 3.04. The third-order valence-corrected chi connectivity index (χ3v) is 4.47. The lowest BCUT2D eigenvalue weighted by Gasteiger charge is -2.20. The molecule has 1 fully saturated rings. The van der Waals surface area contributed by atoms with E-state index in [0.717, 1.165) is 6.42 Å².